The van der Waals surface area contributed by atoms with E-state index in [4.69, 9.17) is 57.2 Å². The number of hydrogen-bond donors (Lipinski definition) is 0. The molecule has 2 aromatic heterocycles. The molecular formula is C22H19B4ClN4O4. The molecule has 0 N–H and O–H groups in total. The van der Waals surface area contributed by atoms with Gasteiger partial charge in [0.05, 0.1) is 5.69 Å². The standard InChI is InChI=1S/C22H19B4ClN4O4/c1-11-9-17-28-12(2)18(27)20(32)31(17)29-19(11)30-7-5-13(6-8-30)33-14-3-4-15-16(10-14)35-22(25,26)21(23,24)34-15/h3-4,9-10,13H,5-8H2,1-2H3. The summed E-state index contributed by atoms with van der Waals surface area (Å²) in [5, 5.41) is 0.834. The maximum absolute atomic E-state index is 12.6. The van der Waals surface area contributed by atoms with Gasteiger partial charge >= 0.3 is 0 Å². The fraction of sp³-hybridized carbons (Fsp3) is 0.409. The number of piperidine rings is 1. The molecular weight excluding hydrogens is 463 g/mol. The molecule has 1 aromatic carbocycles. The van der Waals surface area contributed by atoms with E-state index in [1.165, 1.54) is 4.52 Å². The van der Waals surface area contributed by atoms with Gasteiger partial charge in [-0.3, -0.25) is 4.79 Å². The maximum atomic E-state index is 12.6. The van der Waals surface area contributed by atoms with Crippen LogP contribution in [0.25, 0.3) is 5.65 Å². The second-order valence-corrected chi connectivity index (χ2v) is 9.32. The minimum atomic E-state index is -1.91. The molecule has 0 bridgehead atoms. The van der Waals surface area contributed by atoms with Crippen molar-refractivity contribution in [1.29, 1.82) is 0 Å². The number of rotatable bonds is 3. The maximum Gasteiger partial charge on any atom is 0.293 e. The van der Waals surface area contributed by atoms with Crippen molar-refractivity contribution >= 4 is 54.5 Å². The molecule has 0 unspecified atom stereocenters. The Balaban J connectivity index is 1.29. The van der Waals surface area contributed by atoms with Crippen molar-refractivity contribution in [1.82, 2.24) is 14.6 Å². The van der Waals surface area contributed by atoms with Crippen LogP contribution in [-0.2, 0) is 0 Å². The van der Waals surface area contributed by atoms with Gasteiger partial charge in [-0.05, 0) is 37.6 Å². The molecule has 0 spiro atoms. The van der Waals surface area contributed by atoms with Crippen LogP contribution >= 0.6 is 11.6 Å². The van der Waals surface area contributed by atoms with Gasteiger partial charge in [0.25, 0.3) is 5.56 Å². The lowest BCUT2D eigenvalue weighted by atomic mass is 9.41. The highest BCUT2D eigenvalue weighted by Gasteiger charge is 2.43. The molecule has 1 fully saturated rings. The molecule has 3 aromatic rings. The van der Waals surface area contributed by atoms with Gasteiger partial charge in [-0.15, -0.1) is 5.10 Å². The first-order valence-corrected chi connectivity index (χ1v) is 11.5. The van der Waals surface area contributed by atoms with Gasteiger partial charge in [-0.1, -0.05) is 11.6 Å². The number of halogens is 1. The van der Waals surface area contributed by atoms with E-state index in [2.05, 4.69) is 15.0 Å². The summed E-state index contributed by atoms with van der Waals surface area (Å²) in [6, 6.07) is 6.87. The predicted molar refractivity (Wildman–Crippen MR) is 136 cm³/mol. The third-order valence-corrected chi connectivity index (χ3v) is 6.65. The Labute approximate surface area is 212 Å². The smallest absolute Gasteiger partial charge is 0.293 e. The monoisotopic (exact) mass is 482 g/mol. The van der Waals surface area contributed by atoms with Crippen molar-refractivity contribution in [2.45, 2.75) is 43.6 Å². The van der Waals surface area contributed by atoms with E-state index in [1.54, 1.807) is 25.1 Å². The Morgan fingerprint density at radius 1 is 1.06 bits per heavy atom. The number of aromatic nitrogens is 3. The van der Waals surface area contributed by atoms with Crippen LogP contribution < -0.4 is 24.7 Å². The van der Waals surface area contributed by atoms with Gasteiger partial charge in [-0.2, -0.15) is 4.52 Å². The Morgan fingerprint density at radius 3 is 2.40 bits per heavy atom. The number of hydrogen-bond acceptors (Lipinski definition) is 7. The van der Waals surface area contributed by atoms with Crippen LogP contribution in [0.2, 0.25) is 5.02 Å². The molecule has 0 atom stereocenters. The molecule has 8 nitrogen and oxygen atoms in total. The van der Waals surface area contributed by atoms with Crippen LogP contribution in [0, 0.1) is 13.8 Å². The number of benzene rings is 1. The topological polar surface area (TPSA) is 78.2 Å². The minimum Gasteiger partial charge on any atom is -0.501 e. The minimum absolute atomic E-state index is 0.0420. The number of ether oxygens (including phenoxy) is 3. The average molecular weight is 482 g/mol. The van der Waals surface area contributed by atoms with Crippen LogP contribution in [0.3, 0.4) is 0 Å². The fourth-order valence-electron chi connectivity index (χ4n) is 4.18. The Morgan fingerprint density at radius 2 is 1.71 bits per heavy atom. The van der Waals surface area contributed by atoms with Crippen molar-refractivity contribution in [3.05, 3.63) is 50.9 Å². The van der Waals surface area contributed by atoms with E-state index in [1.807, 2.05) is 13.0 Å². The summed E-state index contributed by atoms with van der Waals surface area (Å²) in [5.74, 6) is 1.90. The summed E-state index contributed by atoms with van der Waals surface area (Å²) in [4.78, 5) is 19.1. The van der Waals surface area contributed by atoms with Gasteiger partial charge in [0.2, 0.25) is 0 Å². The molecule has 1 saturated heterocycles. The van der Waals surface area contributed by atoms with Gasteiger partial charge in [-0.25, -0.2) is 4.98 Å². The van der Waals surface area contributed by atoms with E-state index in [-0.39, 0.29) is 16.7 Å². The Bertz CT molecular complexity index is 1380. The number of aryl methyl sites for hydroxylation is 2. The van der Waals surface area contributed by atoms with Gasteiger partial charge in [0.15, 0.2) is 23.0 Å². The van der Waals surface area contributed by atoms with E-state index >= 15 is 0 Å². The summed E-state index contributed by atoms with van der Waals surface area (Å²) in [7, 11) is 23.3. The first-order chi connectivity index (χ1) is 16.4. The lowest BCUT2D eigenvalue weighted by molar-refractivity contribution is 0.0609. The van der Waals surface area contributed by atoms with E-state index in [0.717, 1.165) is 18.4 Å². The highest BCUT2D eigenvalue weighted by molar-refractivity contribution is 6.53. The molecule has 5 rings (SSSR count). The number of fused-ring (bicyclic) bond motifs is 2. The van der Waals surface area contributed by atoms with Crippen LogP contribution in [0.4, 0.5) is 5.82 Å². The summed E-state index contributed by atoms with van der Waals surface area (Å²) in [6.07, 6.45) is 1.43. The zero-order valence-corrected chi connectivity index (χ0v) is 20.1. The summed E-state index contributed by atoms with van der Waals surface area (Å²) < 4.78 is 18.5. The largest absolute Gasteiger partial charge is 0.501 e. The van der Waals surface area contributed by atoms with E-state index < -0.39 is 10.8 Å². The van der Waals surface area contributed by atoms with Crippen LogP contribution in [-0.4, -0.2) is 76.0 Å². The molecule has 170 valence electrons. The lowest BCUT2D eigenvalue weighted by Crippen LogP contribution is -2.65. The summed E-state index contributed by atoms with van der Waals surface area (Å²) >= 11 is 6.10. The highest BCUT2D eigenvalue weighted by Crippen LogP contribution is 2.41. The molecule has 2 aliphatic rings. The van der Waals surface area contributed by atoms with E-state index in [0.29, 0.717) is 47.5 Å². The lowest BCUT2D eigenvalue weighted by Gasteiger charge is -2.48. The van der Waals surface area contributed by atoms with Crippen molar-refractivity contribution < 1.29 is 14.2 Å². The fourth-order valence-corrected chi connectivity index (χ4v) is 4.30. The molecule has 35 heavy (non-hydrogen) atoms. The van der Waals surface area contributed by atoms with Gasteiger partial charge in [0.1, 0.15) is 48.3 Å². The van der Waals surface area contributed by atoms with Crippen LogP contribution in [0.1, 0.15) is 24.1 Å². The Kier molecular flexibility index (Phi) is 5.78. The number of nitrogens with zero attached hydrogens (tertiary/aromatic N) is 4. The summed E-state index contributed by atoms with van der Waals surface area (Å²) in [6.45, 7) is 5.02. The average Bonchev–Trinajstić information content (AvgIpc) is 2.79. The van der Waals surface area contributed by atoms with Crippen molar-refractivity contribution in [3.63, 3.8) is 0 Å². The Hall–Kier alpha value is -2.74. The van der Waals surface area contributed by atoms with Gasteiger partial charge in [0, 0.05) is 42.8 Å². The first-order valence-electron chi connectivity index (χ1n) is 11.1. The van der Waals surface area contributed by atoms with Crippen molar-refractivity contribution in [3.8, 4) is 17.2 Å². The zero-order valence-electron chi connectivity index (χ0n) is 19.3. The molecule has 4 heterocycles. The highest BCUT2D eigenvalue weighted by atomic mass is 35.5. The van der Waals surface area contributed by atoms with Crippen LogP contribution in [0.15, 0.2) is 29.1 Å². The van der Waals surface area contributed by atoms with Crippen molar-refractivity contribution in [2.75, 3.05) is 18.0 Å². The predicted octanol–water partition coefficient (Wildman–Crippen LogP) is 1.16. The van der Waals surface area contributed by atoms with Gasteiger partial charge < -0.3 is 19.1 Å². The zero-order chi connectivity index (χ0) is 25.1. The SMILES string of the molecule is [B]C1([B])Oc2ccc(OC3CCN(c4nn5c(=O)c(Cl)c(C)nc5cc4C)CC3)cc2OC1([B])[B]. The molecule has 8 radical (unpaired) electrons. The second kappa shape index (κ2) is 8.43. The van der Waals surface area contributed by atoms with Crippen molar-refractivity contribution in [2.24, 2.45) is 0 Å². The molecule has 13 heteroatoms. The second-order valence-electron chi connectivity index (χ2n) is 8.94. The third-order valence-electron chi connectivity index (χ3n) is 6.22. The summed E-state index contributed by atoms with van der Waals surface area (Å²) in [5.41, 5.74) is 1.49. The van der Waals surface area contributed by atoms with Crippen LogP contribution in [0.5, 0.6) is 17.2 Å². The first kappa shape index (κ1) is 24.0. The molecule has 0 saturated carbocycles. The number of anilines is 1. The third kappa shape index (κ3) is 4.26. The molecule has 0 amide bonds. The normalized spacial score (nSPS) is 19.0. The molecule has 2 aliphatic heterocycles. The quantitative estimate of drug-likeness (QED) is 0.519. The van der Waals surface area contributed by atoms with E-state index in [9.17, 15) is 4.79 Å². The molecule has 0 aliphatic carbocycles.